The Labute approximate surface area is 154 Å². The Bertz CT molecular complexity index is 706. The second kappa shape index (κ2) is 7.78. The van der Waals surface area contributed by atoms with Crippen molar-refractivity contribution in [3.05, 3.63) is 40.9 Å². The molecule has 0 saturated carbocycles. The topological polar surface area (TPSA) is 59.3 Å². The molecule has 1 saturated heterocycles. The number of carbonyl (C=O) groups is 1. The minimum Gasteiger partial charge on any atom is -0.400 e. The standard InChI is InChI=1S/C19H24BNO3S/c1-14(22)25-13-17(20-23-18(2,3)19(4,5)24-20)12-16-9-7-6-8-15(16)10-11-21/h6-9,12H,10,13H2,1-5H3. The van der Waals surface area contributed by atoms with Gasteiger partial charge in [-0.2, -0.15) is 5.26 Å². The summed E-state index contributed by atoms with van der Waals surface area (Å²) in [5.41, 5.74) is 1.92. The van der Waals surface area contributed by atoms with E-state index in [1.807, 2.05) is 58.0 Å². The van der Waals surface area contributed by atoms with Gasteiger partial charge in [0.25, 0.3) is 0 Å². The lowest BCUT2D eigenvalue weighted by Gasteiger charge is -2.32. The fourth-order valence-electron chi connectivity index (χ4n) is 2.48. The molecule has 0 aromatic heterocycles. The molecule has 2 rings (SSSR count). The first-order valence-corrected chi connectivity index (χ1v) is 9.29. The molecule has 0 aliphatic carbocycles. The van der Waals surface area contributed by atoms with Crippen molar-refractivity contribution >= 4 is 30.1 Å². The zero-order chi connectivity index (χ0) is 18.7. The molecule has 0 radical (unpaired) electrons. The van der Waals surface area contributed by atoms with E-state index in [-0.39, 0.29) is 5.12 Å². The predicted molar refractivity (Wildman–Crippen MR) is 103 cm³/mol. The van der Waals surface area contributed by atoms with Crippen molar-refractivity contribution in [3.8, 4) is 6.07 Å². The van der Waals surface area contributed by atoms with Gasteiger partial charge in [-0.25, -0.2) is 0 Å². The first-order chi connectivity index (χ1) is 11.7. The van der Waals surface area contributed by atoms with Gasteiger partial charge in [0.1, 0.15) is 0 Å². The Balaban J connectivity index is 2.37. The summed E-state index contributed by atoms with van der Waals surface area (Å²) in [4.78, 5) is 11.5. The van der Waals surface area contributed by atoms with E-state index in [9.17, 15) is 4.79 Å². The van der Waals surface area contributed by atoms with Crippen LogP contribution in [-0.4, -0.2) is 29.2 Å². The number of hydrogen-bond donors (Lipinski definition) is 0. The van der Waals surface area contributed by atoms with Gasteiger partial charge in [0.05, 0.1) is 23.7 Å². The minimum atomic E-state index is -0.507. The molecular formula is C19H24BNO3S. The molecule has 0 atom stereocenters. The van der Waals surface area contributed by atoms with Gasteiger partial charge in [0.2, 0.25) is 0 Å². The molecule has 1 aromatic carbocycles. The zero-order valence-corrected chi connectivity index (χ0v) is 16.3. The van der Waals surface area contributed by atoms with Crippen molar-refractivity contribution in [2.45, 2.75) is 52.2 Å². The molecule has 0 spiro atoms. The summed E-state index contributed by atoms with van der Waals surface area (Å²) >= 11 is 1.23. The van der Waals surface area contributed by atoms with Crippen molar-refractivity contribution in [2.24, 2.45) is 0 Å². The monoisotopic (exact) mass is 357 g/mol. The Morgan fingerprint density at radius 1 is 1.24 bits per heavy atom. The maximum atomic E-state index is 11.5. The van der Waals surface area contributed by atoms with Crippen LogP contribution in [0, 0.1) is 11.3 Å². The molecule has 0 amide bonds. The molecule has 0 N–H and O–H groups in total. The van der Waals surface area contributed by atoms with E-state index in [0.717, 1.165) is 16.6 Å². The van der Waals surface area contributed by atoms with Gasteiger partial charge in [-0.15, -0.1) is 0 Å². The van der Waals surface area contributed by atoms with Gasteiger partial charge in [0.15, 0.2) is 5.12 Å². The molecule has 1 aliphatic rings. The normalized spacial score (nSPS) is 18.9. The van der Waals surface area contributed by atoms with Crippen LogP contribution in [0.5, 0.6) is 0 Å². The van der Waals surface area contributed by atoms with E-state index in [2.05, 4.69) is 6.07 Å². The number of hydrogen-bond acceptors (Lipinski definition) is 5. The Kier molecular flexibility index (Phi) is 6.15. The molecule has 1 aromatic rings. The third-order valence-corrected chi connectivity index (χ3v) is 5.55. The number of carbonyl (C=O) groups excluding carboxylic acids is 1. The van der Waals surface area contributed by atoms with Crippen molar-refractivity contribution in [3.63, 3.8) is 0 Å². The van der Waals surface area contributed by atoms with Crippen LogP contribution in [0.4, 0.5) is 0 Å². The highest BCUT2D eigenvalue weighted by Crippen LogP contribution is 2.39. The fourth-order valence-corrected chi connectivity index (χ4v) is 3.07. The lowest BCUT2D eigenvalue weighted by atomic mass is 9.78. The average Bonchev–Trinajstić information content (AvgIpc) is 2.73. The molecule has 1 aliphatic heterocycles. The largest absolute Gasteiger partial charge is 0.491 e. The average molecular weight is 357 g/mol. The lowest BCUT2D eigenvalue weighted by molar-refractivity contribution is -0.109. The van der Waals surface area contributed by atoms with E-state index in [0.29, 0.717) is 12.2 Å². The van der Waals surface area contributed by atoms with Gasteiger partial charge in [-0.05, 0) is 44.3 Å². The van der Waals surface area contributed by atoms with E-state index in [4.69, 9.17) is 14.6 Å². The maximum absolute atomic E-state index is 11.5. The van der Waals surface area contributed by atoms with Gasteiger partial charge >= 0.3 is 7.12 Å². The Morgan fingerprint density at radius 2 is 1.84 bits per heavy atom. The number of nitrogens with zero attached hydrogens (tertiary/aromatic N) is 1. The number of nitriles is 1. The molecule has 1 fully saturated rings. The summed E-state index contributed by atoms with van der Waals surface area (Å²) in [5, 5.41) is 9.08. The smallest absolute Gasteiger partial charge is 0.400 e. The third kappa shape index (κ3) is 4.75. The molecule has 25 heavy (non-hydrogen) atoms. The van der Waals surface area contributed by atoms with Gasteiger partial charge in [-0.3, -0.25) is 4.79 Å². The van der Waals surface area contributed by atoms with Crippen molar-refractivity contribution in [2.75, 3.05) is 5.75 Å². The molecule has 1 heterocycles. The fraction of sp³-hybridized carbons (Fsp3) is 0.474. The molecule has 0 bridgehead atoms. The predicted octanol–water partition coefficient (Wildman–Crippen LogP) is 4.05. The summed E-state index contributed by atoms with van der Waals surface area (Å²) in [5.74, 6) is 0.493. The quantitative estimate of drug-likeness (QED) is 0.744. The van der Waals surface area contributed by atoms with Crippen molar-refractivity contribution in [1.82, 2.24) is 0 Å². The maximum Gasteiger partial charge on any atom is 0.491 e. The second-order valence-electron chi connectivity index (χ2n) is 7.12. The number of benzene rings is 1. The SMILES string of the molecule is CC(=O)SCC(=Cc1ccccc1CC#N)B1OC(C)(C)C(C)(C)O1. The summed E-state index contributed by atoms with van der Waals surface area (Å²) in [7, 11) is -0.507. The molecule has 6 heteroatoms. The van der Waals surface area contributed by atoms with Gasteiger partial charge in [0, 0.05) is 12.7 Å². The third-order valence-electron chi connectivity index (χ3n) is 4.66. The van der Waals surface area contributed by atoms with Crippen LogP contribution in [0.3, 0.4) is 0 Å². The molecule has 0 unspecified atom stereocenters. The molecule has 4 nitrogen and oxygen atoms in total. The van der Waals surface area contributed by atoms with Crippen LogP contribution >= 0.6 is 11.8 Å². The Morgan fingerprint density at radius 3 is 2.40 bits per heavy atom. The van der Waals surface area contributed by atoms with Crippen LogP contribution in [0.1, 0.15) is 45.7 Å². The van der Waals surface area contributed by atoms with Crippen LogP contribution in [-0.2, 0) is 20.5 Å². The van der Waals surface area contributed by atoms with Crippen LogP contribution in [0.2, 0.25) is 0 Å². The van der Waals surface area contributed by atoms with Crippen molar-refractivity contribution < 1.29 is 14.1 Å². The summed E-state index contributed by atoms with van der Waals surface area (Å²) < 4.78 is 12.3. The van der Waals surface area contributed by atoms with Gasteiger partial charge < -0.3 is 9.31 Å². The summed E-state index contributed by atoms with van der Waals surface area (Å²) in [6.07, 6.45) is 2.33. The number of rotatable bonds is 5. The van der Waals surface area contributed by atoms with E-state index in [1.165, 1.54) is 11.8 Å². The first-order valence-electron chi connectivity index (χ1n) is 8.30. The molecular weight excluding hydrogens is 333 g/mol. The molecule has 132 valence electrons. The first kappa shape index (κ1) is 19.8. The Hall–Kier alpha value is -1.55. The number of thioether (sulfide) groups is 1. The highest BCUT2D eigenvalue weighted by atomic mass is 32.2. The van der Waals surface area contributed by atoms with E-state index < -0.39 is 18.3 Å². The van der Waals surface area contributed by atoms with E-state index >= 15 is 0 Å². The highest BCUT2D eigenvalue weighted by molar-refractivity contribution is 8.13. The van der Waals surface area contributed by atoms with Gasteiger partial charge in [-0.1, -0.05) is 42.1 Å². The summed E-state index contributed by atoms with van der Waals surface area (Å²) in [6, 6.07) is 9.96. The van der Waals surface area contributed by atoms with Crippen LogP contribution in [0.25, 0.3) is 6.08 Å². The lowest BCUT2D eigenvalue weighted by Crippen LogP contribution is -2.41. The summed E-state index contributed by atoms with van der Waals surface area (Å²) in [6.45, 7) is 9.58. The highest BCUT2D eigenvalue weighted by Gasteiger charge is 2.52. The van der Waals surface area contributed by atoms with Crippen LogP contribution in [0.15, 0.2) is 29.7 Å². The van der Waals surface area contributed by atoms with E-state index in [1.54, 1.807) is 6.92 Å². The van der Waals surface area contributed by atoms with Crippen LogP contribution < -0.4 is 0 Å². The zero-order valence-electron chi connectivity index (χ0n) is 15.5. The minimum absolute atomic E-state index is 0.0488. The van der Waals surface area contributed by atoms with Crippen molar-refractivity contribution in [1.29, 1.82) is 5.26 Å². The second-order valence-corrected chi connectivity index (χ2v) is 8.27.